The molecule has 110 valence electrons. The van der Waals surface area contributed by atoms with Crippen molar-refractivity contribution in [2.45, 2.75) is 6.92 Å². The summed E-state index contributed by atoms with van der Waals surface area (Å²) in [6.07, 6.45) is 0. The third-order valence-electron chi connectivity index (χ3n) is 3.07. The number of hydrogen-bond acceptors (Lipinski definition) is 4. The molecule has 0 bridgehead atoms. The minimum Gasteiger partial charge on any atom is -0.497 e. The van der Waals surface area contributed by atoms with Crippen LogP contribution in [0.25, 0.3) is 0 Å². The monoisotopic (exact) mass is 305 g/mol. The van der Waals surface area contributed by atoms with Gasteiger partial charge >= 0.3 is 0 Å². The van der Waals surface area contributed by atoms with Crippen LogP contribution in [0.4, 0.5) is 11.4 Å². The second-order valence-electron chi connectivity index (χ2n) is 4.47. The van der Waals surface area contributed by atoms with Crippen LogP contribution < -0.4 is 21.3 Å². The number of halogens is 1. The number of aryl methyl sites for hydroxylation is 1. The summed E-state index contributed by atoms with van der Waals surface area (Å²) in [7, 11) is 1.55. The van der Waals surface area contributed by atoms with Crippen LogP contribution in [0.2, 0.25) is 5.02 Å². The summed E-state index contributed by atoms with van der Waals surface area (Å²) in [6.45, 7) is 1.87. The Bertz CT molecular complexity index is 674. The maximum Gasteiger partial charge on any atom is 0.255 e. The average molecular weight is 306 g/mol. The summed E-state index contributed by atoms with van der Waals surface area (Å²) in [5.74, 6) is 5.74. The summed E-state index contributed by atoms with van der Waals surface area (Å²) in [5.41, 5.74) is 5.23. The lowest BCUT2D eigenvalue weighted by Gasteiger charge is -2.11. The molecule has 6 heteroatoms. The molecule has 0 spiro atoms. The second kappa shape index (κ2) is 6.47. The van der Waals surface area contributed by atoms with Crippen LogP contribution in [-0.2, 0) is 0 Å². The number of anilines is 2. The Kier molecular flexibility index (Phi) is 4.67. The van der Waals surface area contributed by atoms with Crippen molar-refractivity contribution >= 4 is 28.9 Å². The van der Waals surface area contributed by atoms with E-state index >= 15 is 0 Å². The molecule has 0 fully saturated rings. The van der Waals surface area contributed by atoms with Gasteiger partial charge in [-0.3, -0.25) is 10.6 Å². The molecule has 4 N–H and O–H groups in total. The van der Waals surface area contributed by atoms with Crippen molar-refractivity contribution in [2.75, 3.05) is 17.9 Å². The van der Waals surface area contributed by atoms with Crippen LogP contribution in [0.1, 0.15) is 15.9 Å². The van der Waals surface area contributed by atoms with Crippen molar-refractivity contribution in [3.63, 3.8) is 0 Å². The highest BCUT2D eigenvalue weighted by molar-refractivity contribution is 6.34. The highest BCUT2D eigenvalue weighted by Crippen LogP contribution is 2.27. The van der Waals surface area contributed by atoms with Gasteiger partial charge in [-0.2, -0.15) is 0 Å². The van der Waals surface area contributed by atoms with Gasteiger partial charge in [-0.25, -0.2) is 0 Å². The fourth-order valence-electron chi connectivity index (χ4n) is 1.89. The first kappa shape index (κ1) is 15.2. The van der Waals surface area contributed by atoms with E-state index in [1.165, 1.54) is 0 Å². The Morgan fingerprint density at radius 1 is 1.19 bits per heavy atom. The fourth-order valence-corrected chi connectivity index (χ4v) is 2.05. The Labute approximate surface area is 128 Å². The van der Waals surface area contributed by atoms with Gasteiger partial charge in [0.1, 0.15) is 5.75 Å². The lowest BCUT2D eigenvalue weighted by Crippen LogP contribution is -2.14. The topological polar surface area (TPSA) is 76.4 Å². The Balaban J connectivity index is 2.23. The van der Waals surface area contributed by atoms with Crippen molar-refractivity contribution < 1.29 is 9.53 Å². The van der Waals surface area contributed by atoms with Crippen LogP contribution in [0, 0.1) is 6.92 Å². The second-order valence-corrected chi connectivity index (χ2v) is 4.88. The molecule has 0 aliphatic heterocycles. The van der Waals surface area contributed by atoms with Gasteiger partial charge in [-0.1, -0.05) is 11.6 Å². The number of rotatable bonds is 4. The molecule has 5 nitrogen and oxygen atoms in total. The summed E-state index contributed by atoms with van der Waals surface area (Å²) in [6, 6.07) is 10.2. The molecule has 0 saturated carbocycles. The number of ether oxygens (including phenoxy) is 1. The molecular weight excluding hydrogens is 290 g/mol. The largest absolute Gasteiger partial charge is 0.497 e. The van der Waals surface area contributed by atoms with Gasteiger partial charge in [0, 0.05) is 11.6 Å². The van der Waals surface area contributed by atoms with E-state index in [0.29, 0.717) is 22.0 Å². The fraction of sp³-hybridized carbons (Fsp3) is 0.133. The number of carbonyl (C=O) groups is 1. The Morgan fingerprint density at radius 2 is 1.95 bits per heavy atom. The van der Waals surface area contributed by atoms with E-state index in [2.05, 4.69) is 10.7 Å². The predicted molar refractivity (Wildman–Crippen MR) is 84.9 cm³/mol. The first-order valence-electron chi connectivity index (χ1n) is 6.27. The van der Waals surface area contributed by atoms with E-state index in [1.54, 1.807) is 43.5 Å². The smallest absolute Gasteiger partial charge is 0.255 e. The normalized spacial score (nSPS) is 10.1. The number of nitrogens with two attached hydrogens (primary N) is 1. The molecule has 2 rings (SSSR count). The molecule has 0 radical (unpaired) electrons. The Morgan fingerprint density at radius 3 is 2.57 bits per heavy atom. The van der Waals surface area contributed by atoms with E-state index in [4.69, 9.17) is 22.2 Å². The van der Waals surface area contributed by atoms with Crippen molar-refractivity contribution in [1.82, 2.24) is 0 Å². The maximum absolute atomic E-state index is 12.3. The SMILES string of the molecule is COc1ccc(Cl)c(NC(=O)c2ccc(NN)c(C)c2)c1. The van der Waals surface area contributed by atoms with E-state index in [1.807, 2.05) is 6.92 Å². The van der Waals surface area contributed by atoms with Crippen LogP contribution in [0.15, 0.2) is 36.4 Å². The zero-order valence-corrected chi connectivity index (χ0v) is 12.5. The van der Waals surface area contributed by atoms with Gasteiger partial charge in [0.2, 0.25) is 0 Å². The number of benzene rings is 2. The number of carbonyl (C=O) groups excluding carboxylic acids is 1. The van der Waals surface area contributed by atoms with E-state index in [9.17, 15) is 4.79 Å². The van der Waals surface area contributed by atoms with Gasteiger partial charge in [-0.15, -0.1) is 0 Å². The highest BCUT2D eigenvalue weighted by Gasteiger charge is 2.10. The van der Waals surface area contributed by atoms with Crippen molar-refractivity contribution in [3.8, 4) is 5.75 Å². The van der Waals surface area contributed by atoms with Gasteiger partial charge in [-0.05, 0) is 42.8 Å². The summed E-state index contributed by atoms with van der Waals surface area (Å²) in [4.78, 5) is 12.3. The molecule has 2 aromatic carbocycles. The van der Waals surface area contributed by atoms with Crippen LogP contribution in [-0.4, -0.2) is 13.0 Å². The lowest BCUT2D eigenvalue weighted by molar-refractivity contribution is 0.102. The van der Waals surface area contributed by atoms with Gasteiger partial charge in [0.25, 0.3) is 5.91 Å². The standard InChI is InChI=1S/C15H16ClN3O2/c1-9-7-10(3-6-13(9)19-17)15(20)18-14-8-11(21-2)4-5-12(14)16/h3-8,19H,17H2,1-2H3,(H,18,20). The Hall–Kier alpha value is -2.24. The number of hydrogen-bond donors (Lipinski definition) is 3. The molecule has 1 amide bonds. The minimum absolute atomic E-state index is 0.253. The first-order chi connectivity index (χ1) is 10.0. The lowest BCUT2D eigenvalue weighted by atomic mass is 10.1. The third kappa shape index (κ3) is 3.45. The number of amides is 1. The molecule has 0 atom stereocenters. The molecule has 0 aromatic heterocycles. The van der Waals surface area contributed by atoms with Crippen molar-refractivity contribution in [2.24, 2.45) is 5.84 Å². The van der Waals surface area contributed by atoms with E-state index in [-0.39, 0.29) is 5.91 Å². The molecular formula is C15H16ClN3O2. The third-order valence-corrected chi connectivity index (χ3v) is 3.40. The molecule has 21 heavy (non-hydrogen) atoms. The van der Waals surface area contributed by atoms with Crippen LogP contribution in [0.5, 0.6) is 5.75 Å². The average Bonchev–Trinajstić information content (AvgIpc) is 2.49. The first-order valence-corrected chi connectivity index (χ1v) is 6.65. The number of nitrogens with one attached hydrogen (secondary N) is 2. The highest BCUT2D eigenvalue weighted by atomic mass is 35.5. The zero-order chi connectivity index (χ0) is 15.4. The summed E-state index contributed by atoms with van der Waals surface area (Å²) < 4.78 is 5.11. The molecule has 0 saturated heterocycles. The number of methoxy groups -OCH3 is 1. The maximum atomic E-state index is 12.3. The number of nitrogen functional groups attached to an aromatic ring is 1. The molecule has 0 aliphatic carbocycles. The van der Waals surface area contributed by atoms with Crippen molar-refractivity contribution in [1.29, 1.82) is 0 Å². The van der Waals surface area contributed by atoms with Gasteiger partial charge < -0.3 is 15.5 Å². The summed E-state index contributed by atoms with van der Waals surface area (Å²) >= 11 is 6.07. The predicted octanol–water partition coefficient (Wildman–Crippen LogP) is 3.19. The van der Waals surface area contributed by atoms with Gasteiger partial charge in [0.15, 0.2) is 0 Å². The summed E-state index contributed by atoms with van der Waals surface area (Å²) in [5, 5.41) is 3.21. The molecule has 2 aromatic rings. The van der Waals surface area contributed by atoms with E-state index in [0.717, 1.165) is 11.3 Å². The molecule has 0 unspecified atom stereocenters. The molecule has 0 heterocycles. The zero-order valence-electron chi connectivity index (χ0n) is 11.7. The number of hydrazine groups is 1. The minimum atomic E-state index is -0.253. The van der Waals surface area contributed by atoms with Crippen molar-refractivity contribution in [3.05, 3.63) is 52.5 Å². The van der Waals surface area contributed by atoms with Crippen LogP contribution >= 0.6 is 11.6 Å². The van der Waals surface area contributed by atoms with Crippen LogP contribution in [0.3, 0.4) is 0 Å². The molecule has 0 aliphatic rings. The van der Waals surface area contributed by atoms with Gasteiger partial charge in [0.05, 0.1) is 23.5 Å². The quantitative estimate of drug-likeness (QED) is 0.599. The van der Waals surface area contributed by atoms with E-state index < -0.39 is 0 Å².